The predicted molar refractivity (Wildman–Crippen MR) is 99.9 cm³/mol. The largest absolute Gasteiger partial charge is 0.494 e. The van der Waals surface area contributed by atoms with E-state index in [0.29, 0.717) is 24.9 Å². The normalized spacial score (nSPS) is 14.2. The molecule has 0 fully saturated rings. The molecule has 134 valence electrons. The zero-order chi connectivity index (χ0) is 17.8. The van der Waals surface area contributed by atoms with Crippen molar-refractivity contribution in [3.8, 4) is 0 Å². The molecule has 0 atom stereocenters. The number of hydrogen-bond acceptors (Lipinski definition) is 6. The number of carbonyl (C=O) groups is 1. The Labute approximate surface area is 151 Å². The van der Waals surface area contributed by atoms with E-state index in [1.165, 1.54) is 23.2 Å². The Bertz CT molecular complexity index is 785. The summed E-state index contributed by atoms with van der Waals surface area (Å²) in [5.41, 5.74) is 2.18. The lowest BCUT2D eigenvalue weighted by Crippen LogP contribution is -2.38. The summed E-state index contributed by atoms with van der Waals surface area (Å²) in [5.74, 6) is 0.0230. The number of benzene rings is 1. The lowest BCUT2D eigenvalue weighted by molar-refractivity contribution is -0.119. The minimum atomic E-state index is -0.212. The molecule has 7 heteroatoms. The number of amides is 1. The zero-order valence-corrected chi connectivity index (χ0v) is 15.6. The predicted octanol–water partition coefficient (Wildman–Crippen LogP) is 2.64. The van der Waals surface area contributed by atoms with E-state index in [0.717, 1.165) is 23.2 Å². The molecule has 0 unspecified atom stereocenters. The van der Waals surface area contributed by atoms with Gasteiger partial charge in [-0.25, -0.2) is 4.98 Å². The number of aryl methyl sites for hydroxylation is 1. The molecule has 0 N–H and O–H groups in total. The first kappa shape index (κ1) is 17.7. The van der Waals surface area contributed by atoms with Crippen molar-refractivity contribution >= 4 is 32.6 Å². The summed E-state index contributed by atoms with van der Waals surface area (Å²) in [5, 5.41) is 0.685. The van der Waals surface area contributed by atoms with Crippen molar-refractivity contribution in [1.29, 1.82) is 0 Å². The van der Waals surface area contributed by atoms with E-state index >= 15 is 0 Å². The Morgan fingerprint density at radius 2 is 2.12 bits per heavy atom. The first-order valence-electron chi connectivity index (χ1n) is 8.39. The van der Waals surface area contributed by atoms with Gasteiger partial charge in [-0.1, -0.05) is 24.3 Å². The molecule has 1 aromatic heterocycles. The lowest BCUT2D eigenvalue weighted by Gasteiger charge is -2.24. The minimum absolute atomic E-state index is 0.212. The molecule has 0 spiro atoms. The fourth-order valence-electron chi connectivity index (χ4n) is 2.49. The van der Waals surface area contributed by atoms with Crippen LogP contribution in [0.25, 0.3) is 10.2 Å². The highest BCUT2D eigenvalue weighted by Gasteiger charge is 2.26. The molecule has 25 heavy (non-hydrogen) atoms. The van der Waals surface area contributed by atoms with Crippen molar-refractivity contribution in [2.45, 2.75) is 13.3 Å². The number of rotatable bonds is 6. The van der Waals surface area contributed by atoms with Crippen molar-refractivity contribution in [3.05, 3.63) is 35.8 Å². The molecule has 2 heterocycles. The van der Waals surface area contributed by atoms with Gasteiger partial charge in [-0.2, -0.15) is 0 Å². The van der Waals surface area contributed by atoms with Gasteiger partial charge in [-0.05, 0) is 38.2 Å². The fraction of sp³-hybridized carbons (Fsp3) is 0.444. The van der Waals surface area contributed by atoms with Gasteiger partial charge >= 0.3 is 0 Å². The van der Waals surface area contributed by atoms with Crippen LogP contribution >= 0.6 is 11.3 Å². The van der Waals surface area contributed by atoms with Crippen LogP contribution < -0.4 is 4.90 Å². The Hall–Kier alpha value is -2.12. The van der Waals surface area contributed by atoms with Gasteiger partial charge in [0.25, 0.3) is 5.91 Å². The summed E-state index contributed by atoms with van der Waals surface area (Å²) < 4.78 is 11.8. The molecule has 1 aromatic carbocycles. The smallest absolute Gasteiger partial charge is 0.298 e. The molecule has 2 aromatic rings. The zero-order valence-electron chi connectivity index (χ0n) is 14.8. The van der Waals surface area contributed by atoms with Crippen LogP contribution in [0.15, 0.2) is 30.2 Å². The van der Waals surface area contributed by atoms with Gasteiger partial charge in [0.2, 0.25) is 5.76 Å². The first-order chi connectivity index (χ1) is 12.1. The number of carbonyl (C=O) groups excluding carboxylic acids is 1. The van der Waals surface area contributed by atoms with Crippen LogP contribution in [0, 0.1) is 0 Å². The van der Waals surface area contributed by atoms with Crippen LogP contribution in [0.5, 0.6) is 0 Å². The van der Waals surface area contributed by atoms with Gasteiger partial charge in [0.15, 0.2) is 5.13 Å². The number of hydrogen-bond donors (Lipinski definition) is 0. The van der Waals surface area contributed by atoms with Gasteiger partial charge < -0.3 is 14.4 Å². The highest BCUT2D eigenvalue weighted by Crippen LogP contribution is 2.30. The summed E-state index contributed by atoms with van der Waals surface area (Å²) >= 11 is 1.53. The first-order valence-corrected chi connectivity index (χ1v) is 9.20. The van der Waals surface area contributed by atoms with E-state index in [4.69, 9.17) is 9.47 Å². The van der Waals surface area contributed by atoms with E-state index in [1.54, 1.807) is 4.90 Å². The fourth-order valence-corrected chi connectivity index (χ4v) is 3.54. The SMILES string of the molecule is CCc1ccc2nc(N(CCN(C)C)C(=O)C3=COCCO3)sc2c1. The Kier molecular flexibility index (Phi) is 5.55. The average molecular weight is 361 g/mol. The van der Waals surface area contributed by atoms with Crippen LogP contribution in [0.3, 0.4) is 0 Å². The summed E-state index contributed by atoms with van der Waals surface area (Å²) in [6, 6.07) is 6.24. The van der Waals surface area contributed by atoms with Crippen LogP contribution in [0.1, 0.15) is 12.5 Å². The number of anilines is 1. The number of thiazole rings is 1. The van der Waals surface area contributed by atoms with Crippen molar-refractivity contribution in [3.63, 3.8) is 0 Å². The molecule has 0 radical (unpaired) electrons. The van der Waals surface area contributed by atoms with Crippen LogP contribution in [0.2, 0.25) is 0 Å². The quantitative estimate of drug-likeness (QED) is 0.792. The van der Waals surface area contributed by atoms with Gasteiger partial charge in [0.05, 0.1) is 10.2 Å². The van der Waals surface area contributed by atoms with E-state index in [1.807, 2.05) is 25.1 Å². The minimum Gasteiger partial charge on any atom is -0.494 e. The Morgan fingerprint density at radius 3 is 2.80 bits per heavy atom. The lowest BCUT2D eigenvalue weighted by atomic mass is 10.2. The van der Waals surface area contributed by atoms with Crippen molar-refractivity contribution in [2.75, 3.05) is 45.3 Å². The molecule has 1 amide bonds. The molecule has 3 rings (SSSR count). The highest BCUT2D eigenvalue weighted by molar-refractivity contribution is 7.22. The molecule has 1 aliphatic heterocycles. The molecular formula is C18H23N3O3S. The average Bonchev–Trinajstić information content (AvgIpc) is 3.04. The second kappa shape index (κ2) is 7.84. The van der Waals surface area contributed by atoms with E-state index in [-0.39, 0.29) is 11.7 Å². The second-order valence-corrected chi connectivity index (χ2v) is 7.12. The maximum Gasteiger partial charge on any atom is 0.298 e. The molecule has 0 aliphatic carbocycles. The standard InChI is InChI=1S/C18H23N3O3S/c1-4-13-5-6-14-16(11-13)25-18(19-14)21(8-7-20(2)3)17(22)15-12-23-9-10-24-15/h5-6,11-12H,4,7-10H2,1-3H3. The number of nitrogens with zero attached hydrogens (tertiary/aromatic N) is 3. The van der Waals surface area contributed by atoms with E-state index in [9.17, 15) is 4.79 Å². The summed E-state index contributed by atoms with van der Waals surface area (Å²) in [4.78, 5) is 21.3. The second-order valence-electron chi connectivity index (χ2n) is 6.11. The van der Waals surface area contributed by atoms with Gasteiger partial charge in [0, 0.05) is 13.1 Å². The van der Waals surface area contributed by atoms with E-state index in [2.05, 4.69) is 24.0 Å². The number of likely N-dealkylation sites (N-methyl/N-ethyl adjacent to an activating group) is 1. The molecule has 0 saturated heterocycles. The summed E-state index contributed by atoms with van der Waals surface area (Å²) in [6.07, 6.45) is 2.38. The molecular weight excluding hydrogens is 338 g/mol. The van der Waals surface area contributed by atoms with Crippen molar-refractivity contribution < 1.29 is 14.3 Å². The van der Waals surface area contributed by atoms with Crippen molar-refractivity contribution in [2.24, 2.45) is 0 Å². The third kappa shape index (κ3) is 4.11. The van der Waals surface area contributed by atoms with Gasteiger partial charge in [-0.3, -0.25) is 9.69 Å². The molecule has 6 nitrogen and oxygen atoms in total. The summed E-state index contributed by atoms with van der Waals surface area (Å²) in [6.45, 7) is 4.25. The molecule has 0 bridgehead atoms. The monoisotopic (exact) mass is 361 g/mol. The van der Waals surface area contributed by atoms with Gasteiger partial charge in [-0.15, -0.1) is 0 Å². The summed E-state index contributed by atoms with van der Waals surface area (Å²) in [7, 11) is 3.96. The molecule has 1 aliphatic rings. The maximum atomic E-state index is 12.9. The number of aromatic nitrogens is 1. The van der Waals surface area contributed by atoms with E-state index < -0.39 is 0 Å². The van der Waals surface area contributed by atoms with Crippen molar-refractivity contribution in [1.82, 2.24) is 9.88 Å². The number of ether oxygens (including phenoxy) is 2. The van der Waals surface area contributed by atoms with Crippen LogP contribution in [-0.2, 0) is 20.7 Å². The Balaban J connectivity index is 1.92. The van der Waals surface area contributed by atoms with Gasteiger partial charge in [0.1, 0.15) is 19.5 Å². The highest BCUT2D eigenvalue weighted by atomic mass is 32.1. The van der Waals surface area contributed by atoms with Crippen LogP contribution in [-0.4, -0.2) is 56.2 Å². The maximum absolute atomic E-state index is 12.9. The molecule has 0 saturated carbocycles. The number of fused-ring (bicyclic) bond motifs is 1. The third-order valence-electron chi connectivity index (χ3n) is 3.96. The third-order valence-corrected chi connectivity index (χ3v) is 5.00. The Morgan fingerprint density at radius 1 is 1.28 bits per heavy atom. The van der Waals surface area contributed by atoms with Crippen LogP contribution in [0.4, 0.5) is 5.13 Å². The topological polar surface area (TPSA) is 54.9 Å².